The summed E-state index contributed by atoms with van der Waals surface area (Å²) in [6.45, 7) is 4.78. The molecule has 0 aliphatic heterocycles. The molecule has 0 atom stereocenters. The maximum absolute atomic E-state index is 2.51. The number of nitrogens with zero attached hydrogens (tertiary/aromatic N) is 2. The Labute approximate surface area is 276 Å². The second-order valence-corrected chi connectivity index (χ2v) is 13.3. The molecule has 1 heterocycles. The lowest BCUT2D eigenvalue weighted by atomic mass is 9.82. The van der Waals surface area contributed by atoms with E-state index in [1.807, 2.05) is 0 Å². The first-order chi connectivity index (χ1) is 23.1. The summed E-state index contributed by atoms with van der Waals surface area (Å²) in [4.78, 5) is 2.38. The number of allylic oxidation sites excluding steroid dienone is 1. The van der Waals surface area contributed by atoms with Crippen LogP contribution in [0.25, 0.3) is 44.9 Å². The van der Waals surface area contributed by atoms with Gasteiger partial charge in [-0.1, -0.05) is 117 Å². The molecular formula is C45H36N2. The molecule has 0 radical (unpaired) electrons. The van der Waals surface area contributed by atoms with Crippen LogP contribution in [0.1, 0.15) is 42.7 Å². The molecule has 0 spiro atoms. The van der Waals surface area contributed by atoms with Gasteiger partial charge in [0.15, 0.2) is 0 Å². The summed E-state index contributed by atoms with van der Waals surface area (Å²) >= 11 is 0. The molecule has 2 heteroatoms. The largest absolute Gasteiger partial charge is 0.313 e. The van der Waals surface area contributed by atoms with Crippen molar-refractivity contribution in [1.82, 2.24) is 4.57 Å². The molecule has 2 aliphatic carbocycles. The van der Waals surface area contributed by atoms with Gasteiger partial charge in [-0.25, -0.2) is 0 Å². The molecule has 0 fully saturated rings. The monoisotopic (exact) mass is 604 g/mol. The van der Waals surface area contributed by atoms with Gasteiger partial charge in [0.25, 0.3) is 0 Å². The number of hydrogen-bond acceptors (Lipinski definition) is 1. The van der Waals surface area contributed by atoms with Crippen LogP contribution in [0.4, 0.5) is 17.1 Å². The Morgan fingerprint density at radius 3 is 1.98 bits per heavy atom. The van der Waals surface area contributed by atoms with Crippen LogP contribution in [-0.4, -0.2) is 4.57 Å². The summed E-state index contributed by atoms with van der Waals surface area (Å²) in [6, 6.07) is 53.3. The van der Waals surface area contributed by atoms with E-state index in [1.165, 1.54) is 66.9 Å². The molecular weight excluding hydrogens is 569 g/mol. The minimum atomic E-state index is -0.154. The van der Waals surface area contributed by atoms with Crippen LogP contribution in [0.5, 0.6) is 0 Å². The molecule has 0 N–H and O–H groups in total. The van der Waals surface area contributed by atoms with Gasteiger partial charge in [0.2, 0.25) is 0 Å². The summed E-state index contributed by atoms with van der Waals surface area (Å²) in [5, 5.41) is 1.34. The second kappa shape index (κ2) is 10.7. The number of benzene rings is 6. The van der Waals surface area contributed by atoms with Gasteiger partial charge in [-0.3, -0.25) is 0 Å². The van der Waals surface area contributed by atoms with E-state index in [4.69, 9.17) is 0 Å². The van der Waals surface area contributed by atoms with Crippen molar-refractivity contribution in [3.05, 3.63) is 174 Å². The highest BCUT2D eigenvalue weighted by molar-refractivity contribution is 5.94. The zero-order valence-electron chi connectivity index (χ0n) is 26.8. The van der Waals surface area contributed by atoms with Crippen molar-refractivity contribution in [2.24, 2.45) is 0 Å². The summed E-state index contributed by atoms with van der Waals surface area (Å²) in [5.41, 5.74) is 16.5. The molecule has 9 rings (SSSR count). The van der Waals surface area contributed by atoms with Crippen molar-refractivity contribution in [2.45, 2.75) is 32.1 Å². The first kappa shape index (κ1) is 27.7. The highest BCUT2D eigenvalue weighted by atomic mass is 15.1. The third kappa shape index (κ3) is 4.40. The van der Waals surface area contributed by atoms with Gasteiger partial charge < -0.3 is 9.47 Å². The molecule has 2 nitrogen and oxygen atoms in total. The third-order valence-corrected chi connectivity index (χ3v) is 10.3. The van der Waals surface area contributed by atoms with Gasteiger partial charge in [-0.2, -0.15) is 0 Å². The SMILES string of the molecule is CC1(C)c2cc(N(c3ccccc3)c3ccc(-c4ccccc4)cc3)ccc2-c2ccc(-n3c4c(c5ccccc53)C=CCC4)cc21. The Balaban J connectivity index is 1.14. The lowest BCUT2D eigenvalue weighted by molar-refractivity contribution is 0.659. The highest BCUT2D eigenvalue weighted by Gasteiger charge is 2.36. The minimum absolute atomic E-state index is 0.154. The fraction of sp³-hybridized carbons (Fsp3) is 0.111. The highest BCUT2D eigenvalue weighted by Crippen LogP contribution is 2.51. The maximum Gasteiger partial charge on any atom is 0.0537 e. The molecule has 226 valence electrons. The Hall–Kier alpha value is -5.60. The van der Waals surface area contributed by atoms with Gasteiger partial charge in [0, 0.05) is 44.8 Å². The molecule has 2 aliphatic rings. The fourth-order valence-electron chi connectivity index (χ4n) is 7.92. The molecule has 0 saturated carbocycles. The van der Waals surface area contributed by atoms with Crippen LogP contribution in [0.2, 0.25) is 0 Å². The topological polar surface area (TPSA) is 8.17 Å². The first-order valence-electron chi connectivity index (χ1n) is 16.7. The quantitative estimate of drug-likeness (QED) is 0.190. The lowest BCUT2D eigenvalue weighted by Gasteiger charge is -2.28. The summed E-state index contributed by atoms with van der Waals surface area (Å²) < 4.78 is 2.51. The third-order valence-electron chi connectivity index (χ3n) is 10.3. The number of anilines is 3. The molecule has 0 unspecified atom stereocenters. The summed E-state index contributed by atoms with van der Waals surface area (Å²) in [7, 11) is 0. The number of rotatable bonds is 5. The predicted molar refractivity (Wildman–Crippen MR) is 198 cm³/mol. The van der Waals surface area contributed by atoms with Gasteiger partial charge in [0.1, 0.15) is 0 Å². The van der Waals surface area contributed by atoms with E-state index in [0.717, 1.165) is 24.2 Å². The summed E-state index contributed by atoms with van der Waals surface area (Å²) in [6.07, 6.45) is 6.78. The van der Waals surface area contributed by atoms with Crippen LogP contribution >= 0.6 is 0 Å². The minimum Gasteiger partial charge on any atom is -0.313 e. The lowest BCUT2D eigenvalue weighted by Crippen LogP contribution is -2.17. The number of fused-ring (bicyclic) bond motifs is 6. The average molecular weight is 605 g/mol. The zero-order chi connectivity index (χ0) is 31.5. The van der Waals surface area contributed by atoms with Crippen molar-refractivity contribution in [3.8, 4) is 27.9 Å². The van der Waals surface area contributed by atoms with E-state index < -0.39 is 0 Å². The molecule has 0 bridgehead atoms. The van der Waals surface area contributed by atoms with Crippen molar-refractivity contribution < 1.29 is 0 Å². The molecule has 0 amide bonds. The number of para-hydroxylation sites is 2. The van der Waals surface area contributed by atoms with E-state index in [1.54, 1.807) is 0 Å². The van der Waals surface area contributed by atoms with Crippen molar-refractivity contribution in [2.75, 3.05) is 4.90 Å². The van der Waals surface area contributed by atoms with Crippen LogP contribution in [0.3, 0.4) is 0 Å². The van der Waals surface area contributed by atoms with Crippen molar-refractivity contribution in [3.63, 3.8) is 0 Å². The van der Waals surface area contributed by atoms with Gasteiger partial charge in [0.05, 0.1) is 5.52 Å². The van der Waals surface area contributed by atoms with Gasteiger partial charge in [-0.15, -0.1) is 0 Å². The van der Waals surface area contributed by atoms with E-state index in [-0.39, 0.29) is 5.41 Å². The Kier molecular flexibility index (Phi) is 6.33. The van der Waals surface area contributed by atoms with Gasteiger partial charge >= 0.3 is 0 Å². The molecule has 6 aromatic carbocycles. The van der Waals surface area contributed by atoms with Crippen LogP contribution in [-0.2, 0) is 11.8 Å². The average Bonchev–Trinajstić information content (AvgIpc) is 3.58. The maximum atomic E-state index is 2.51. The van der Waals surface area contributed by atoms with Crippen LogP contribution in [0, 0.1) is 0 Å². The van der Waals surface area contributed by atoms with E-state index in [0.29, 0.717) is 0 Å². The molecule has 1 aromatic heterocycles. The molecule has 7 aromatic rings. The normalized spacial score (nSPS) is 14.1. The van der Waals surface area contributed by atoms with Crippen molar-refractivity contribution in [1.29, 1.82) is 0 Å². The number of aromatic nitrogens is 1. The Bertz CT molecular complexity index is 2310. The first-order valence-corrected chi connectivity index (χ1v) is 16.7. The number of hydrogen-bond donors (Lipinski definition) is 0. The van der Waals surface area contributed by atoms with E-state index >= 15 is 0 Å². The molecule has 0 saturated heterocycles. The smallest absolute Gasteiger partial charge is 0.0537 e. The predicted octanol–water partition coefficient (Wildman–Crippen LogP) is 12.0. The van der Waals surface area contributed by atoms with Crippen molar-refractivity contribution >= 4 is 34.0 Å². The van der Waals surface area contributed by atoms with E-state index in [9.17, 15) is 0 Å². The van der Waals surface area contributed by atoms with Gasteiger partial charge in [-0.05, 0) is 101 Å². The standard InChI is InChI=1S/C45H36N2/c1-45(2)41-29-35(46(33-15-7-4-8-16-33)34-23-21-32(22-24-34)31-13-5-3-6-14-31)25-27-37(41)38-28-26-36(30-42(38)45)47-43-19-11-9-17-39(43)40-18-10-12-20-44(40)47/h3-11,13-19,21-30H,12,20H2,1-2H3. The summed E-state index contributed by atoms with van der Waals surface area (Å²) in [5.74, 6) is 0. The Morgan fingerprint density at radius 2 is 1.19 bits per heavy atom. The molecule has 47 heavy (non-hydrogen) atoms. The van der Waals surface area contributed by atoms with E-state index in [2.05, 4.69) is 181 Å². The Morgan fingerprint density at radius 1 is 0.574 bits per heavy atom. The zero-order valence-corrected chi connectivity index (χ0v) is 26.8. The van der Waals surface area contributed by atoms with Crippen LogP contribution < -0.4 is 4.90 Å². The van der Waals surface area contributed by atoms with Crippen LogP contribution in [0.15, 0.2) is 152 Å². The fourth-order valence-corrected chi connectivity index (χ4v) is 7.92. The second-order valence-electron chi connectivity index (χ2n) is 13.3.